The van der Waals surface area contributed by atoms with Crippen LogP contribution in [0.1, 0.15) is 6.92 Å². The van der Waals surface area contributed by atoms with Gasteiger partial charge in [0.1, 0.15) is 5.56 Å². The molecule has 30 valence electrons. The Morgan fingerprint density at radius 3 is 2.20 bits per heavy atom. The van der Waals surface area contributed by atoms with Gasteiger partial charge >= 0.3 is 0 Å². The smallest absolute Gasteiger partial charge is 0.259 e. The first-order valence-electron chi connectivity index (χ1n) is 1.44. The average Bonchev–Trinajstić information content (AvgIpc) is 1.38. The molecule has 5 heavy (non-hydrogen) atoms. The van der Waals surface area contributed by atoms with Gasteiger partial charge in [0.2, 0.25) is 0 Å². The van der Waals surface area contributed by atoms with E-state index >= 15 is 0 Å². The summed E-state index contributed by atoms with van der Waals surface area (Å²) in [5.74, 6) is 0. The predicted octanol–water partition coefficient (Wildman–Crippen LogP) is 0.136. The van der Waals surface area contributed by atoms with Crippen LogP contribution in [-0.2, 0) is 4.65 Å². The molecule has 0 bridgehead atoms. The van der Waals surface area contributed by atoms with Gasteiger partial charge in [-0.25, -0.2) is 0 Å². The largest absolute Gasteiger partial charge is 0.429 e. The maximum Gasteiger partial charge on any atom is 0.259 e. The van der Waals surface area contributed by atoms with Crippen LogP contribution in [0.2, 0.25) is 0 Å². The quantitative estimate of drug-likeness (QED) is 0.330. The number of rotatable bonds is 1. The van der Waals surface area contributed by atoms with Gasteiger partial charge in [-0.2, -0.15) is 0 Å². The highest BCUT2D eigenvalue weighted by molar-refractivity contribution is 6.20. The Morgan fingerprint density at radius 1 is 2.00 bits per heavy atom. The second-order valence-corrected chi connectivity index (χ2v) is 1.39. The topological polar surface area (TPSA) is 9.23 Å². The summed E-state index contributed by atoms with van der Waals surface area (Å²) in [6, 6.07) is 0. The summed E-state index contributed by atoms with van der Waals surface area (Å²) in [4.78, 5) is 0. The molecule has 0 saturated heterocycles. The van der Waals surface area contributed by atoms with Gasteiger partial charge < -0.3 is 4.65 Å². The van der Waals surface area contributed by atoms with Crippen LogP contribution in [0.25, 0.3) is 0 Å². The van der Waals surface area contributed by atoms with E-state index in [-0.39, 0.29) is 5.56 Å². The molecule has 0 aromatic heterocycles. The fourth-order valence-electron chi connectivity index (χ4n) is 0. The van der Waals surface area contributed by atoms with E-state index in [2.05, 4.69) is 4.65 Å². The summed E-state index contributed by atoms with van der Waals surface area (Å²) in [5.41, 5.74) is -0.144. The molecular weight excluding hydrogens is 86.3 g/mol. The Bertz CT molecular complexity index is 23.6. The molecule has 3 heteroatoms. The van der Waals surface area contributed by atoms with Crippen molar-refractivity contribution in [3.05, 3.63) is 0 Å². The minimum Gasteiger partial charge on any atom is -0.429 e. The Balaban J connectivity index is 2.54. The molecule has 1 unspecified atom stereocenters. The monoisotopic (exact) mass is 92.0 g/mol. The van der Waals surface area contributed by atoms with E-state index in [4.69, 9.17) is 11.6 Å². The second kappa shape index (κ2) is 2.55. The van der Waals surface area contributed by atoms with Crippen LogP contribution in [0, 0.1) is 0 Å². The molecule has 0 aromatic rings. The van der Waals surface area contributed by atoms with E-state index in [0.717, 1.165) is 0 Å². The van der Waals surface area contributed by atoms with Gasteiger partial charge in [-0.3, -0.25) is 0 Å². The van der Waals surface area contributed by atoms with E-state index in [1.165, 1.54) is 0 Å². The lowest BCUT2D eigenvalue weighted by Gasteiger charge is -1.92. The van der Waals surface area contributed by atoms with Crippen molar-refractivity contribution in [1.82, 2.24) is 0 Å². The minimum absolute atomic E-state index is 0.144. The molecule has 0 heterocycles. The van der Waals surface area contributed by atoms with Crippen molar-refractivity contribution in [3.63, 3.8) is 0 Å². The highest BCUT2D eigenvalue weighted by Gasteiger charge is 1.81. The summed E-state index contributed by atoms with van der Waals surface area (Å²) in [6.07, 6.45) is 0. The van der Waals surface area contributed by atoms with Crippen LogP contribution >= 0.6 is 11.6 Å². The molecule has 0 fully saturated rings. The zero-order chi connectivity index (χ0) is 4.28. The molecule has 0 aliphatic heterocycles. The number of hydrogen-bond acceptors (Lipinski definition) is 1. The minimum atomic E-state index is -0.144. The standard InChI is InChI=1S/C2H6BClO/c1-2(4)5-3/h2H,3H2,1H3. The SMILES string of the molecule is BOC(C)Cl. The van der Waals surface area contributed by atoms with Crippen LogP contribution in [-0.4, -0.2) is 13.6 Å². The third-order valence-electron chi connectivity index (χ3n) is 0.325. The predicted molar refractivity (Wildman–Crippen MR) is 24.9 cm³/mol. The molecule has 0 rings (SSSR count). The van der Waals surface area contributed by atoms with Crippen molar-refractivity contribution in [2.24, 2.45) is 0 Å². The Hall–Kier alpha value is 0.315. The highest BCUT2D eigenvalue weighted by Crippen LogP contribution is 1.88. The van der Waals surface area contributed by atoms with Gasteiger partial charge in [0, 0.05) is 0 Å². The third-order valence-corrected chi connectivity index (χ3v) is 0.503. The molecule has 0 spiro atoms. The summed E-state index contributed by atoms with van der Waals surface area (Å²) < 4.78 is 4.52. The summed E-state index contributed by atoms with van der Waals surface area (Å²) >= 11 is 5.24. The van der Waals surface area contributed by atoms with Crippen molar-refractivity contribution in [2.75, 3.05) is 0 Å². The third kappa shape index (κ3) is 4.31. The summed E-state index contributed by atoms with van der Waals surface area (Å²) in [6.45, 7) is 1.77. The van der Waals surface area contributed by atoms with E-state index in [1.807, 2.05) is 0 Å². The van der Waals surface area contributed by atoms with Crippen LogP contribution in [0.3, 0.4) is 0 Å². The van der Waals surface area contributed by atoms with Crippen molar-refractivity contribution in [2.45, 2.75) is 12.5 Å². The maximum atomic E-state index is 5.24. The van der Waals surface area contributed by atoms with Crippen LogP contribution in [0.4, 0.5) is 0 Å². The first-order valence-corrected chi connectivity index (χ1v) is 1.88. The van der Waals surface area contributed by atoms with Gasteiger partial charge in [-0.1, -0.05) is 11.6 Å². The number of alkyl halides is 1. The Morgan fingerprint density at radius 2 is 2.20 bits per heavy atom. The van der Waals surface area contributed by atoms with Crippen LogP contribution in [0.5, 0.6) is 0 Å². The highest BCUT2D eigenvalue weighted by atomic mass is 35.5. The molecular formula is C2H6BClO. The average molecular weight is 92.3 g/mol. The first kappa shape index (κ1) is 5.31. The lowest BCUT2D eigenvalue weighted by atomic mass is 10.6. The molecule has 0 aromatic carbocycles. The molecule has 0 amide bonds. The maximum absolute atomic E-state index is 5.24. The summed E-state index contributed by atoms with van der Waals surface area (Å²) in [7, 11) is 1.57. The molecule has 1 nitrogen and oxygen atoms in total. The molecule has 0 aliphatic rings. The normalized spacial score (nSPS) is 14.8. The molecule has 0 aliphatic carbocycles. The van der Waals surface area contributed by atoms with E-state index < -0.39 is 0 Å². The van der Waals surface area contributed by atoms with Gasteiger partial charge in [0.15, 0.2) is 0 Å². The van der Waals surface area contributed by atoms with Gasteiger partial charge in [0.25, 0.3) is 8.05 Å². The van der Waals surface area contributed by atoms with E-state index in [1.54, 1.807) is 15.0 Å². The van der Waals surface area contributed by atoms with Gasteiger partial charge in [0.05, 0.1) is 0 Å². The first-order chi connectivity index (χ1) is 2.27. The lowest BCUT2D eigenvalue weighted by molar-refractivity contribution is 0.332. The Labute approximate surface area is 37.7 Å². The zero-order valence-electron chi connectivity index (χ0n) is 3.36. The van der Waals surface area contributed by atoms with Gasteiger partial charge in [-0.15, -0.1) is 0 Å². The molecule has 1 atom stereocenters. The van der Waals surface area contributed by atoms with E-state index in [9.17, 15) is 0 Å². The van der Waals surface area contributed by atoms with Crippen LogP contribution < -0.4 is 0 Å². The van der Waals surface area contributed by atoms with Gasteiger partial charge in [-0.05, 0) is 6.92 Å². The molecule has 0 radical (unpaired) electrons. The van der Waals surface area contributed by atoms with Crippen molar-refractivity contribution in [1.29, 1.82) is 0 Å². The van der Waals surface area contributed by atoms with Crippen molar-refractivity contribution in [3.8, 4) is 0 Å². The zero-order valence-corrected chi connectivity index (χ0v) is 4.12. The van der Waals surface area contributed by atoms with Crippen LogP contribution in [0.15, 0.2) is 0 Å². The molecule has 0 saturated carbocycles. The fraction of sp³-hybridized carbons (Fsp3) is 1.00. The Kier molecular flexibility index (Phi) is 2.71. The van der Waals surface area contributed by atoms with Crippen molar-refractivity contribution >= 4 is 19.7 Å². The number of hydrogen-bond donors (Lipinski definition) is 0. The summed E-state index contributed by atoms with van der Waals surface area (Å²) in [5, 5.41) is 0. The second-order valence-electron chi connectivity index (χ2n) is 0.779. The molecule has 0 N–H and O–H groups in total. The number of halogens is 1. The van der Waals surface area contributed by atoms with E-state index in [0.29, 0.717) is 0 Å². The fourth-order valence-corrected chi connectivity index (χ4v) is 0. The van der Waals surface area contributed by atoms with Crippen molar-refractivity contribution < 1.29 is 4.65 Å². The lowest BCUT2D eigenvalue weighted by Crippen LogP contribution is -1.91.